The van der Waals surface area contributed by atoms with Gasteiger partial charge in [-0.15, -0.1) is 0 Å². The third kappa shape index (κ3) is 2.82. The molecule has 0 saturated carbocycles. The van der Waals surface area contributed by atoms with E-state index in [2.05, 4.69) is 10.3 Å². The second-order valence-electron chi connectivity index (χ2n) is 5.47. The Morgan fingerprint density at radius 2 is 2.11 bits per heavy atom. The van der Waals surface area contributed by atoms with Crippen LogP contribution < -0.4 is 5.32 Å². The van der Waals surface area contributed by atoms with Crippen molar-refractivity contribution in [2.45, 2.75) is 39.3 Å². The number of fused-ring (bicyclic) bond motifs is 1. The lowest BCUT2D eigenvalue weighted by Gasteiger charge is -2.28. The number of nitrogens with zero attached hydrogens (tertiary/aromatic N) is 1. The fraction of sp³-hybridized carbons (Fsp3) is 0.400. The molecular weight excluding hydrogens is 260 g/mol. The van der Waals surface area contributed by atoms with E-state index in [1.54, 1.807) is 20.0 Å². The van der Waals surface area contributed by atoms with E-state index in [4.69, 9.17) is 11.6 Å². The molecule has 0 aliphatic carbocycles. The van der Waals surface area contributed by atoms with Gasteiger partial charge in [0.1, 0.15) is 0 Å². The van der Waals surface area contributed by atoms with Crippen molar-refractivity contribution in [2.24, 2.45) is 0 Å². The van der Waals surface area contributed by atoms with Crippen molar-refractivity contribution in [2.75, 3.05) is 5.32 Å². The van der Waals surface area contributed by atoms with Crippen molar-refractivity contribution in [3.05, 3.63) is 35.0 Å². The maximum absolute atomic E-state index is 10.0. The fourth-order valence-electron chi connectivity index (χ4n) is 1.92. The molecule has 0 saturated heterocycles. The van der Waals surface area contributed by atoms with E-state index in [-0.39, 0.29) is 6.04 Å². The quantitative estimate of drug-likeness (QED) is 0.898. The van der Waals surface area contributed by atoms with Crippen LogP contribution in [-0.2, 0) is 0 Å². The predicted octanol–water partition coefficient (Wildman–Crippen LogP) is 3.77. The standard InChI is InChI=1S/C15H19ClN2O/c1-9-8-12(16)14(18-10(2)15(3,4)19)11-6-5-7-17-13(9)11/h5-8,10,18-19H,1-4H3. The molecule has 0 amide bonds. The number of aromatic nitrogens is 1. The minimum absolute atomic E-state index is 0.129. The van der Waals surface area contributed by atoms with Crippen molar-refractivity contribution >= 4 is 28.2 Å². The molecule has 1 aromatic carbocycles. The van der Waals surface area contributed by atoms with Crippen LogP contribution in [0.3, 0.4) is 0 Å². The zero-order valence-electron chi connectivity index (χ0n) is 11.7. The van der Waals surface area contributed by atoms with Gasteiger partial charge >= 0.3 is 0 Å². The molecule has 1 unspecified atom stereocenters. The smallest absolute Gasteiger partial charge is 0.0789 e. The van der Waals surface area contributed by atoms with Crippen LogP contribution in [0.4, 0.5) is 5.69 Å². The van der Waals surface area contributed by atoms with E-state index in [1.165, 1.54) is 0 Å². The topological polar surface area (TPSA) is 45.1 Å². The third-order valence-electron chi connectivity index (χ3n) is 3.45. The highest BCUT2D eigenvalue weighted by atomic mass is 35.5. The summed E-state index contributed by atoms with van der Waals surface area (Å²) < 4.78 is 0. The Labute approximate surface area is 118 Å². The van der Waals surface area contributed by atoms with Crippen molar-refractivity contribution < 1.29 is 5.11 Å². The van der Waals surface area contributed by atoms with Gasteiger partial charge in [-0.25, -0.2) is 0 Å². The average Bonchev–Trinajstić information content (AvgIpc) is 2.33. The summed E-state index contributed by atoms with van der Waals surface area (Å²) >= 11 is 6.33. The number of benzene rings is 1. The molecule has 0 spiro atoms. The van der Waals surface area contributed by atoms with Crippen molar-refractivity contribution in [3.8, 4) is 0 Å². The highest BCUT2D eigenvalue weighted by molar-refractivity contribution is 6.35. The van der Waals surface area contributed by atoms with Crippen LogP contribution in [0.1, 0.15) is 26.3 Å². The van der Waals surface area contributed by atoms with E-state index in [0.717, 1.165) is 22.2 Å². The van der Waals surface area contributed by atoms with Crippen LogP contribution in [0.2, 0.25) is 5.02 Å². The minimum atomic E-state index is -0.831. The van der Waals surface area contributed by atoms with Gasteiger partial charge < -0.3 is 10.4 Å². The maximum Gasteiger partial charge on any atom is 0.0789 e. The molecule has 2 rings (SSSR count). The van der Waals surface area contributed by atoms with Gasteiger partial charge in [0, 0.05) is 11.6 Å². The van der Waals surface area contributed by atoms with Gasteiger partial charge in [0.25, 0.3) is 0 Å². The van der Waals surface area contributed by atoms with E-state index >= 15 is 0 Å². The first kappa shape index (κ1) is 14.1. The second kappa shape index (κ2) is 4.99. The molecule has 19 heavy (non-hydrogen) atoms. The first-order valence-corrected chi connectivity index (χ1v) is 6.71. The number of rotatable bonds is 3. The third-order valence-corrected chi connectivity index (χ3v) is 3.75. The van der Waals surface area contributed by atoms with E-state index in [9.17, 15) is 5.11 Å². The fourth-order valence-corrected chi connectivity index (χ4v) is 2.24. The average molecular weight is 279 g/mol. The Morgan fingerprint density at radius 3 is 2.74 bits per heavy atom. The number of nitrogens with one attached hydrogen (secondary N) is 1. The number of pyridine rings is 1. The second-order valence-corrected chi connectivity index (χ2v) is 5.88. The Hall–Kier alpha value is -1.32. The summed E-state index contributed by atoms with van der Waals surface area (Å²) in [5.74, 6) is 0. The molecule has 1 aromatic heterocycles. The number of hydrogen-bond acceptors (Lipinski definition) is 3. The van der Waals surface area contributed by atoms with Gasteiger partial charge in [-0.2, -0.15) is 0 Å². The van der Waals surface area contributed by atoms with Crippen molar-refractivity contribution in [3.63, 3.8) is 0 Å². The Kier molecular flexibility index (Phi) is 3.70. The normalized spacial score (nSPS) is 13.6. The summed E-state index contributed by atoms with van der Waals surface area (Å²) in [5, 5.41) is 15.0. The maximum atomic E-state index is 10.0. The molecule has 3 nitrogen and oxygen atoms in total. The number of halogens is 1. The summed E-state index contributed by atoms with van der Waals surface area (Å²) in [6.45, 7) is 7.46. The predicted molar refractivity (Wildman–Crippen MR) is 80.9 cm³/mol. The molecule has 0 bridgehead atoms. The van der Waals surface area contributed by atoms with Gasteiger partial charge in [-0.1, -0.05) is 11.6 Å². The van der Waals surface area contributed by atoms with Gasteiger partial charge in [-0.3, -0.25) is 4.98 Å². The van der Waals surface area contributed by atoms with E-state index in [1.807, 2.05) is 32.0 Å². The van der Waals surface area contributed by atoms with Gasteiger partial charge in [0.2, 0.25) is 0 Å². The molecule has 0 aliphatic heterocycles. The zero-order valence-corrected chi connectivity index (χ0v) is 12.4. The number of aliphatic hydroxyl groups is 1. The highest BCUT2D eigenvalue weighted by Crippen LogP contribution is 2.33. The van der Waals surface area contributed by atoms with E-state index in [0.29, 0.717) is 5.02 Å². The first-order chi connectivity index (χ1) is 8.80. The SMILES string of the molecule is Cc1cc(Cl)c(NC(C)C(C)(C)O)c2cccnc12. The Morgan fingerprint density at radius 1 is 1.42 bits per heavy atom. The molecule has 2 aromatic rings. The van der Waals surface area contributed by atoms with Crippen LogP contribution >= 0.6 is 11.6 Å². The zero-order chi connectivity index (χ0) is 14.2. The van der Waals surface area contributed by atoms with Crippen molar-refractivity contribution in [1.29, 1.82) is 0 Å². The molecule has 2 N–H and O–H groups in total. The first-order valence-electron chi connectivity index (χ1n) is 6.33. The summed E-state index contributed by atoms with van der Waals surface area (Å²) in [4.78, 5) is 4.39. The molecule has 0 aliphatic rings. The summed E-state index contributed by atoms with van der Waals surface area (Å²) in [5.41, 5.74) is 1.97. The minimum Gasteiger partial charge on any atom is -0.388 e. The highest BCUT2D eigenvalue weighted by Gasteiger charge is 2.23. The summed E-state index contributed by atoms with van der Waals surface area (Å²) in [6, 6.07) is 5.64. The molecule has 0 radical (unpaired) electrons. The number of aryl methyl sites for hydroxylation is 1. The van der Waals surface area contributed by atoms with Crippen LogP contribution in [0.25, 0.3) is 10.9 Å². The van der Waals surface area contributed by atoms with Crippen molar-refractivity contribution in [1.82, 2.24) is 4.98 Å². The van der Waals surface area contributed by atoms with Crippen LogP contribution in [-0.4, -0.2) is 21.7 Å². The van der Waals surface area contributed by atoms with Gasteiger partial charge in [-0.05, 0) is 51.5 Å². The van der Waals surface area contributed by atoms with Gasteiger partial charge in [0.15, 0.2) is 0 Å². The molecule has 1 atom stereocenters. The lowest BCUT2D eigenvalue weighted by Crippen LogP contribution is -2.39. The molecule has 102 valence electrons. The number of anilines is 1. The molecule has 0 fully saturated rings. The van der Waals surface area contributed by atoms with E-state index < -0.39 is 5.60 Å². The number of hydrogen-bond donors (Lipinski definition) is 2. The molecule has 4 heteroatoms. The lowest BCUT2D eigenvalue weighted by molar-refractivity contribution is 0.0649. The Balaban J connectivity index is 2.54. The summed E-state index contributed by atoms with van der Waals surface area (Å²) in [6.07, 6.45) is 1.77. The van der Waals surface area contributed by atoms with Gasteiger partial charge in [0.05, 0.1) is 27.9 Å². The summed E-state index contributed by atoms with van der Waals surface area (Å²) in [7, 11) is 0. The largest absolute Gasteiger partial charge is 0.388 e. The molecular formula is C15H19ClN2O. The van der Waals surface area contributed by atoms with Crippen LogP contribution in [0.5, 0.6) is 0 Å². The Bertz CT molecular complexity index is 605. The monoisotopic (exact) mass is 278 g/mol. The lowest BCUT2D eigenvalue weighted by atomic mass is 9.99. The molecule has 1 heterocycles. The van der Waals surface area contributed by atoms with Crippen LogP contribution in [0.15, 0.2) is 24.4 Å². The van der Waals surface area contributed by atoms with Crippen LogP contribution in [0, 0.1) is 6.92 Å².